The second-order valence-corrected chi connectivity index (χ2v) is 10.8. The van der Waals surface area contributed by atoms with Crippen LogP contribution in [-0.2, 0) is 16.4 Å². The molecule has 1 fully saturated rings. The number of nitrogens with zero attached hydrogens (tertiary/aromatic N) is 2. The maximum atomic E-state index is 14.7. The van der Waals surface area contributed by atoms with Gasteiger partial charge in [-0.25, -0.2) is 12.8 Å². The third-order valence-corrected chi connectivity index (χ3v) is 8.23. The summed E-state index contributed by atoms with van der Waals surface area (Å²) < 4.78 is 42.8. The average Bonchev–Trinajstić information content (AvgIpc) is 2.84. The van der Waals surface area contributed by atoms with Crippen molar-refractivity contribution < 1.29 is 17.6 Å². The summed E-state index contributed by atoms with van der Waals surface area (Å²) in [5.41, 5.74) is 3.96. The number of hydrogen-bond acceptors (Lipinski definition) is 4. The zero-order chi connectivity index (χ0) is 25.2. The molecule has 3 aromatic carbocycles. The van der Waals surface area contributed by atoms with Crippen molar-refractivity contribution in [1.82, 2.24) is 4.31 Å². The standard InChI is InChI=1S/C27H30FN3O3S/c1-4-21-8-11-23(12-9-21)29-27(32)22-10-13-25(28)26(17-22)35(33,34)30-14-15-31(20(3)18-30)24-7-5-6-19(2)16-24/h5-13,16-17,20H,4,14-15,18H2,1-3H3,(H,29,32). The number of benzene rings is 3. The van der Waals surface area contributed by atoms with Gasteiger partial charge in [0.1, 0.15) is 10.7 Å². The summed E-state index contributed by atoms with van der Waals surface area (Å²) in [5.74, 6) is -1.37. The van der Waals surface area contributed by atoms with E-state index in [0.717, 1.165) is 35.4 Å². The van der Waals surface area contributed by atoms with E-state index >= 15 is 0 Å². The molecule has 0 aromatic heterocycles. The van der Waals surface area contributed by atoms with Crippen LogP contribution in [0.5, 0.6) is 0 Å². The Labute approximate surface area is 206 Å². The number of carbonyl (C=O) groups excluding carboxylic acids is 1. The molecule has 3 aromatic rings. The van der Waals surface area contributed by atoms with Gasteiger partial charge in [-0.15, -0.1) is 0 Å². The fourth-order valence-corrected chi connectivity index (χ4v) is 5.94. The van der Waals surface area contributed by atoms with Gasteiger partial charge < -0.3 is 10.2 Å². The topological polar surface area (TPSA) is 69.7 Å². The Hall–Kier alpha value is -3.23. The third-order valence-electron chi connectivity index (χ3n) is 6.35. The summed E-state index contributed by atoms with van der Waals surface area (Å²) in [7, 11) is -4.13. The molecule has 1 amide bonds. The summed E-state index contributed by atoms with van der Waals surface area (Å²) in [6.45, 7) is 6.93. The number of aryl methyl sites for hydroxylation is 2. The predicted molar refractivity (Wildman–Crippen MR) is 137 cm³/mol. The number of nitrogens with one attached hydrogen (secondary N) is 1. The largest absolute Gasteiger partial charge is 0.366 e. The average molecular weight is 496 g/mol. The lowest BCUT2D eigenvalue weighted by molar-refractivity contribution is 0.102. The molecule has 0 spiro atoms. The highest BCUT2D eigenvalue weighted by atomic mass is 32.2. The van der Waals surface area contributed by atoms with Crippen LogP contribution in [-0.4, -0.2) is 44.3 Å². The molecule has 8 heteroatoms. The summed E-state index contributed by atoms with van der Waals surface area (Å²) in [6.07, 6.45) is 0.880. The second kappa shape index (κ2) is 10.2. The quantitative estimate of drug-likeness (QED) is 0.531. The smallest absolute Gasteiger partial charge is 0.255 e. The van der Waals surface area contributed by atoms with Gasteiger partial charge in [0.2, 0.25) is 10.0 Å². The summed E-state index contributed by atoms with van der Waals surface area (Å²) in [4.78, 5) is 14.4. The minimum absolute atomic E-state index is 0.0796. The summed E-state index contributed by atoms with van der Waals surface area (Å²) in [5, 5.41) is 2.75. The molecule has 1 heterocycles. The Balaban J connectivity index is 1.52. The number of anilines is 2. The van der Waals surface area contributed by atoms with Crippen LogP contribution in [0.1, 0.15) is 35.3 Å². The molecule has 1 N–H and O–H groups in total. The molecule has 6 nitrogen and oxygen atoms in total. The van der Waals surface area contributed by atoms with Gasteiger partial charge in [-0.2, -0.15) is 4.31 Å². The monoisotopic (exact) mass is 495 g/mol. The Bertz CT molecular complexity index is 1330. The lowest BCUT2D eigenvalue weighted by atomic mass is 10.1. The van der Waals surface area contributed by atoms with Gasteiger partial charge in [-0.1, -0.05) is 31.2 Å². The number of halogens is 1. The molecule has 0 bridgehead atoms. The molecular weight excluding hydrogens is 465 g/mol. The molecule has 0 radical (unpaired) electrons. The number of carbonyl (C=O) groups is 1. The molecule has 35 heavy (non-hydrogen) atoms. The Morgan fingerprint density at radius 1 is 1.06 bits per heavy atom. The van der Waals surface area contributed by atoms with Crippen molar-refractivity contribution in [3.63, 3.8) is 0 Å². The minimum atomic E-state index is -4.13. The lowest BCUT2D eigenvalue weighted by Gasteiger charge is -2.40. The van der Waals surface area contributed by atoms with Crippen LogP contribution in [0.2, 0.25) is 0 Å². The van der Waals surface area contributed by atoms with E-state index in [9.17, 15) is 17.6 Å². The number of rotatable bonds is 6. The van der Waals surface area contributed by atoms with Gasteiger partial charge in [0.25, 0.3) is 5.91 Å². The molecule has 1 atom stereocenters. The fourth-order valence-electron chi connectivity index (χ4n) is 4.34. The van der Waals surface area contributed by atoms with Crippen molar-refractivity contribution in [3.8, 4) is 0 Å². The van der Waals surface area contributed by atoms with Crippen molar-refractivity contribution in [3.05, 3.63) is 89.2 Å². The molecule has 1 saturated heterocycles. The van der Waals surface area contributed by atoms with E-state index in [2.05, 4.69) is 16.3 Å². The normalized spacial score (nSPS) is 16.8. The van der Waals surface area contributed by atoms with Crippen LogP contribution in [0.25, 0.3) is 0 Å². The molecule has 0 aliphatic carbocycles. The SMILES string of the molecule is CCc1ccc(NC(=O)c2ccc(F)c(S(=O)(=O)N3CCN(c4cccc(C)c4)C(C)C3)c2)cc1. The molecular formula is C27H30FN3O3S. The first kappa shape index (κ1) is 24.9. The van der Waals surface area contributed by atoms with Gasteiger partial charge in [0.05, 0.1) is 0 Å². The molecule has 1 aliphatic heterocycles. The van der Waals surface area contributed by atoms with Crippen molar-refractivity contribution >= 4 is 27.3 Å². The number of sulfonamides is 1. The van der Waals surface area contributed by atoms with Crippen molar-refractivity contribution in [1.29, 1.82) is 0 Å². The van der Waals surface area contributed by atoms with E-state index < -0.39 is 26.6 Å². The van der Waals surface area contributed by atoms with E-state index in [4.69, 9.17) is 0 Å². The van der Waals surface area contributed by atoms with E-state index in [1.54, 1.807) is 12.1 Å². The molecule has 184 valence electrons. The lowest BCUT2D eigenvalue weighted by Crippen LogP contribution is -2.53. The predicted octanol–water partition coefficient (Wildman–Crippen LogP) is 4.85. The van der Waals surface area contributed by atoms with Crippen LogP contribution in [0.15, 0.2) is 71.6 Å². The van der Waals surface area contributed by atoms with Gasteiger partial charge >= 0.3 is 0 Å². The van der Waals surface area contributed by atoms with E-state index in [0.29, 0.717) is 12.2 Å². The molecule has 1 unspecified atom stereocenters. The highest BCUT2D eigenvalue weighted by molar-refractivity contribution is 7.89. The van der Waals surface area contributed by atoms with Crippen LogP contribution < -0.4 is 10.2 Å². The van der Waals surface area contributed by atoms with Crippen LogP contribution in [0, 0.1) is 12.7 Å². The zero-order valence-corrected chi connectivity index (χ0v) is 21.0. The van der Waals surface area contributed by atoms with Crippen LogP contribution >= 0.6 is 0 Å². The first-order chi connectivity index (χ1) is 16.7. The molecule has 1 aliphatic rings. The Morgan fingerprint density at radius 3 is 2.46 bits per heavy atom. The van der Waals surface area contributed by atoms with Crippen LogP contribution in [0.4, 0.5) is 15.8 Å². The highest BCUT2D eigenvalue weighted by Gasteiger charge is 2.34. The molecule has 0 saturated carbocycles. The Morgan fingerprint density at radius 2 is 1.80 bits per heavy atom. The number of hydrogen-bond donors (Lipinski definition) is 1. The summed E-state index contributed by atoms with van der Waals surface area (Å²) >= 11 is 0. The van der Waals surface area contributed by atoms with Crippen LogP contribution in [0.3, 0.4) is 0 Å². The zero-order valence-electron chi connectivity index (χ0n) is 20.2. The first-order valence-corrected chi connectivity index (χ1v) is 13.2. The minimum Gasteiger partial charge on any atom is -0.366 e. The van der Waals surface area contributed by atoms with Crippen molar-refractivity contribution in [2.45, 2.75) is 38.1 Å². The molecule has 4 rings (SSSR count). The van der Waals surface area contributed by atoms with Gasteiger partial charge in [0.15, 0.2) is 0 Å². The third kappa shape index (κ3) is 5.39. The van der Waals surface area contributed by atoms with E-state index in [1.807, 2.05) is 51.1 Å². The van der Waals surface area contributed by atoms with E-state index in [1.165, 1.54) is 10.4 Å². The summed E-state index contributed by atoms with van der Waals surface area (Å²) in [6, 6.07) is 18.8. The maximum absolute atomic E-state index is 14.7. The first-order valence-electron chi connectivity index (χ1n) is 11.7. The fraction of sp³-hybridized carbons (Fsp3) is 0.296. The van der Waals surface area contributed by atoms with Gasteiger partial charge in [-0.3, -0.25) is 4.79 Å². The van der Waals surface area contributed by atoms with Crippen molar-refractivity contribution in [2.24, 2.45) is 0 Å². The number of amides is 1. The second-order valence-electron chi connectivity index (χ2n) is 8.89. The van der Waals surface area contributed by atoms with Crippen molar-refractivity contribution in [2.75, 3.05) is 29.9 Å². The van der Waals surface area contributed by atoms with Gasteiger partial charge in [-0.05, 0) is 73.9 Å². The Kier molecular flexibility index (Phi) is 7.23. The number of piperazine rings is 1. The van der Waals surface area contributed by atoms with Gasteiger partial charge in [0, 0.05) is 42.6 Å². The maximum Gasteiger partial charge on any atom is 0.255 e. The van der Waals surface area contributed by atoms with E-state index in [-0.39, 0.29) is 24.7 Å². The highest BCUT2D eigenvalue weighted by Crippen LogP contribution is 2.27.